The summed E-state index contributed by atoms with van der Waals surface area (Å²) in [7, 11) is 1.65. The Balaban J connectivity index is 2.86. The molecule has 0 bridgehead atoms. The van der Waals surface area contributed by atoms with Crippen molar-refractivity contribution in [1.29, 1.82) is 0 Å². The molecule has 0 spiro atoms. The Morgan fingerprint density at radius 2 is 2.25 bits per heavy atom. The van der Waals surface area contributed by atoms with Crippen LogP contribution in [0, 0.1) is 0 Å². The Morgan fingerprint density at radius 1 is 1.56 bits per heavy atom. The number of nitrogens with one attached hydrogen (secondary N) is 1. The largest absolute Gasteiger partial charge is 0.345 e. The van der Waals surface area contributed by atoms with Crippen LogP contribution in [-0.4, -0.2) is 29.9 Å². The van der Waals surface area contributed by atoms with Crippen LogP contribution in [0.3, 0.4) is 0 Å². The zero-order chi connectivity index (χ0) is 12.2. The van der Waals surface area contributed by atoms with Crippen LogP contribution in [0.4, 0.5) is 5.69 Å². The molecule has 0 aliphatic carbocycles. The molecule has 5 nitrogen and oxygen atoms in total. The van der Waals surface area contributed by atoms with Crippen LogP contribution in [0.2, 0.25) is 0 Å². The summed E-state index contributed by atoms with van der Waals surface area (Å²) in [5.41, 5.74) is -0.236. The number of likely N-dealkylation sites (N-methyl/N-ethyl adjacent to an activating group) is 1. The Hall–Kier alpha value is -1.91. The normalized spacial score (nSPS) is 10.7. The number of carbonyl (C=O) groups excluding carboxylic acids is 2. The van der Waals surface area contributed by atoms with Gasteiger partial charge in [-0.15, -0.1) is 0 Å². The number of aromatic nitrogens is 1. The molecule has 0 saturated heterocycles. The number of pyridine rings is 1. The lowest BCUT2D eigenvalue weighted by molar-refractivity contribution is -0.126. The van der Waals surface area contributed by atoms with Crippen molar-refractivity contribution in [3.05, 3.63) is 24.5 Å². The minimum absolute atomic E-state index is 0.201. The Kier molecular flexibility index (Phi) is 3.60. The fraction of sp³-hybridized carbons (Fsp3) is 0.364. The highest BCUT2D eigenvalue weighted by atomic mass is 16.2. The number of hydrogen-bond acceptors (Lipinski definition) is 3. The lowest BCUT2D eigenvalue weighted by Gasteiger charge is -2.28. The lowest BCUT2D eigenvalue weighted by Crippen LogP contribution is -2.52. The molecule has 0 aliphatic rings. The number of carbonyl (C=O) groups is 2. The topological polar surface area (TPSA) is 62.3 Å². The highest BCUT2D eigenvalue weighted by Gasteiger charge is 2.30. The van der Waals surface area contributed by atoms with E-state index in [1.165, 1.54) is 4.90 Å². The highest BCUT2D eigenvalue weighted by Crippen LogP contribution is 2.14. The van der Waals surface area contributed by atoms with Crippen LogP contribution in [-0.2, 0) is 9.59 Å². The standard InChI is InChI=1S/C11H15N3O2/c1-11(2,13-8-15)10(16)14(3)9-5-4-6-12-7-9/h4-8H,1-3H3,(H,13,15). The Labute approximate surface area is 94.5 Å². The van der Waals surface area contributed by atoms with E-state index < -0.39 is 5.54 Å². The van der Waals surface area contributed by atoms with Crippen LogP contribution < -0.4 is 10.2 Å². The monoisotopic (exact) mass is 221 g/mol. The minimum Gasteiger partial charge on any atom is -0.345 e. The molecule has 0 aliphatic heterocycles. The molecule has 1 aromatic heterocycles. The first-order valence-electron chi connectivity index (χ1n) is 4.88. The molecule has 16 heavy (non-hydrogen) atoms. The van der Waals surface area contributed by atoms with Crippen molar-refractivity contribution >= 4 is 18.0 Å². The summed E-state index contributed by atoms with van der Waals surface area (Å²) < 4.78 is 0. The van der Waals surface area contributed by atoms with Crippen molar-refractivity contribution in [3.8, 4) is 0 Å². The van der Waals surface area contributed by atoms with Gasteiger partial charge in [-0.3, -0.25) is 14.6 Å². The third-order valence-corrected chi connectivity index (χ3v) is 2.29. The number of nitrogens with zero attached hydrogens (tertiary/aromatic N) is 2. The van der Waals surface area contributed by atoms with E-state index in [9.17, 15) is 9.59 Å². The predicted octanol–water partition coefficient (Wildman–Crippen LogP) is 0.569. The van der Waals surface area contributed by atoms with Crippen molar-refractivity contribution in [2.24, 2.45) is 0 Å². The van der Waals surface area contributed by atoms with Gasteiger partial charge in [0, 0.05) is 13.2 Å². The molecule has 0 radical (unpaired) electrons. The molecule has 1 aromatic rings. The maximum Gasteiger partial charge on any atom is 0.251 e. The van der Waals surface area contributed by atoms with Crippen LogP contribution in [0.25, 0.3) is 0 Å². The molecule has 1 rings (SSSR count). The first kappa shape index (κ1) is 12.2. The molecule has 0 unspecified atom stereocenters. The Morgan fingerprint density at radius 3 is 2.75 bits per heavy atom. The zero-order valence-corrected chi connectivity index (χ0v) is 9.60. The van der Waals surface area contributed by atoms with Gasteiger partial charge in [0.1, 0.15) is 5.54 Å². The molecule has 0 aromatic carbocycles. The van der Waals surface area contributed by atoms with E-state index in [2.05, 4.69) is 10.3 Å². The maximum atomic E-state index is 12.0. The van der Waals surface area contributed by atoms with E-state index in [0.29, 0.717) is 12.1 Å². The molecule has 86 valence electrons. The van der Waals surface area contributed by atoms with Crippen molar-refractivity contribution < 1.29 is 9.59 Å². The smallest absolute Gasteiger partial charge is 0.251 e. The highest BCUT2D eigenvalue weighted by molar-refractivity contribution is 6.00. The van der Waals surface area contributed by atoms with Gasteiger partial charge in [-0.05, 0) is 26.0 Å². The number of anilines is 1. The van der Waals surface area contributed by atoms with Crippen LogP contribution >= 0.6 is 0 Å². The molecule has 0 fully saturated rings. The van der Waals surface area contributed by atoms with Gasteiger partial charge in [-0.1, -0.05) is 0 Å². The molecule has 1 heterocycles. The third kappa shape index (κ3) is 2.56. The van der Waals surface area contributed by atoms with E-state index >= 15 is 0 Å². The van der Waals surface area contributed by atoms with Gasteiger partial charge in [0.05, 0.1) is 11.9 Å². The molecule has 1 N–H and O–H groups in total. The van der Waals surface area contributed by atoms with Gasteiger partial charge < -0.3 is 10.2 Å². The summed E-state index contributed by atoms with van der Waals surface area (Å²) in [6.07, 6.45) is 3.75. The van der Waals surface area contributed by atoms with Crippen LogP contribution in [0.15, 0.2) is 24.5 Å². The lowest BCUT2D eigenvalue weighted by atomic mass is 10.0. The first-order valence-corrected chi connectivity index (χ1v) is 4.88. The van der Waals surface area contributed by atoms with Crippen molar-refractivity contribution in [2.75, 3.05) is 11.9 Å². The number of rotatable bonds is 4. The van der Waals surface area contributed by atoms with E-state index in [1.807, 2.05) is 0 Å². The third-order valence-electron chi connectivity index (χ3n) is 2.29. The fourth-order valence-corrected chi connectivity index (χ4v) is 1.30. The van der Waals surface area contributed by atoms with Gasteiger partial charge in [0.2, 0.25) is 6.41 Å². The van der Waals surface area contributed by atoms with Crippen molar-refractivity contribution in [2.45, 2.75) is 19.4 Å². The fourth-order valence-electron chi connectivity index (χ4n) is 1.30. The predicted molar refractivity (Wildman–Crippen MR) is 60.9 cm³/mol. The number of amides is 2. The second kappa shape index (κ2) is 4.74. The Bertz CT molecular complexity index is 376. The summed E-state index contributed by atoms with van der Waals surface area (Å²) in [4.78, 5) is 27.8. The van der Waals surface area contributed by atoms with Crippen molar-refractivity contribution in [3.63, 3.8) is 0 Å². The van der Waals surface area contributed by atoms with E-state index in [-0.39, 0.29) is 5.91 Å². The minimum atomic E-state index is -0.924. The van der Waals surface area contributed by atoms with E-state index in [1.54, 1.807) is 45.4 Å². The first-order chi connectivity index (χ1) is 7.49. The quantitative estimate of drug-likeness (QED) is 0.756. The molecular weight excluding hydrogens is 206 g/mol. The zero-order valence-electron chi connectivity index (χ0n) is 9.60. The van der Waals surface area contributed by atoms with Gasteiger partial charge >= 0.3 is 0 Å². The van der Waals surface area contributed by atoms with Gasteiger partial charge in [0.25, 0.3) is 5.91 Å². The van der Waals surface area contributed by atoms with Gasteiger partial charge in [-0.25, -0.2) is 0 Å². The average Bonchev–Trinajstić information content (AvgIpc) is 2.28. The maximum absolute atomic E-state index is 12.0. The van der Waals surface area contributed by atoms with Crippen LogP contribution in [0.5, 0.6) is 0 Å². The van der Waals surface area contributed by atoms with E-state index in [0.717, 1.165) is 0 Å². The van der Waals surface area contributed by atoms with Gasteiger partial charge in [-0.2, -0.15) is 0 Å². The molecule has 0 atom stereocenters. The summed E-state index contributed by atoms with van der Waals surface area (Å²) >= 11 is 0. The molecular formula is C11H15N3O2. The summed E-state index contributed by atoms with van der Waals surface area (Å²) in [5.74, 6) is -0.201. The summed E-state index contributed by atoms with van der Waals surface area (Å²) in [5, 5.41) is 2.48. The van der Waals surface area contributed by atoms with E-state index in [4.69, 9.17) is 0 Å². The molecule has 5 heteroatoms. The molecule has 0 saturated carbocycles. The summed E-state index contributed by atoms with van der Waals surface area (Å²) in [6.45, 7) is 3.30. The average molecular weight is 221 g/mol. The number of hydrogen-bond donors (Lipinski definition) is 1. The second-order valence-corrected chi connectivity index (χ2v) is 3.96. The van der Waals surface area contributed by atoms with Gasteiger partial charge in [0.15, 0.2) is 0 Å². The molecule has 2 amide bonds. The SMILES string of the molecule is CN(C(=O)C(C)(C)NC=O)c1cccnc1. The van der Waals surface area contributed by atoms with Crippen molar-refractivity contribution in [1.82, 2.24) is 10.3 Å². The van der Waals surface area contributed by atoms with Crippen LogP contribution in [0.1, 0.15) is 13.8 Å². The second-order valence-electron chi connectivity index (χ2n) is 3.96. The summed E-state index contributed by atoms with van der Waals surface area (Å²) in [6, 6.07) is 3.53.